The fraction of sp³-hybridized carbons (Fsp3) is 0.0909. The van der Waals surface area contributed by atoms with E-state index in [4.69, 9.17) is 12.2 Å². The van der Waals surface area contributed by atoms with Crippen molar-refractivity contribution in [1.82, 2.24) is 9.78 Å². The second kappa shape index (κ2) is 4.23. The molecule has 0 fully saturated rings. The number of rotatable bonds is 1. The Balaban J connectivity index is 2.09. The number of hydrogen-bond acceptors (Lipinski definition) is 2. The van der Waals surface area contributed by atoms with Crippen LogP contribution in [0, 0.1) is 6.92 Å². The molecule has 0 aliphatic heterocycles. The van der Waals surface area contributed by atoms with Gasteiger partial charge in [0, 0.05) is 18.1 Å². The predicted octanol–water partition coefficient (Wildman–Crippen LogP) is 2.44. The molecule has 0 saturated carbocycles. The van der Waals surface area contributed by atoms with E-state index in [0.29, 0.717) is 5.11 Å². The molecule has 15 heavy (non-hydrogen) atoms. The molecular formula is C11H11N3S. The maximum atomic E-state index is 5.18. The molecule has 0 spiro atoms. The van der Waals surface area contributed by atoms with Gasteiger partial charge in [-0.2, -0.15) is 5.10 Å². The van der Waals surface area contributed by atoms with Crippen molar-refractivity contribution in [3.05, 3.63) is 48.3 Å². The normalized spacial score (nSPS) is 9.93. The maximum Gasteiger partial charge on any atom is 0.198 e. The number of aryl methyl sites for hydroxylation is 1. The van der Waals surface area contributed by atoms with Crippen LogP contribution in [-0.4, -0.2) is 14.9 Å². The topological polar surface area (TPSA) is 29.9 Å². The number of anilines is 1. The van der Waals surface area contributed by atoms with Gasteiger partial charge in [-0.05, 0) is 37.3 Å². The first kappa shape index (κ1) is 9.86. The van der Waals surface area contributed by atoms with Crippen LogP contribution in [0.1, 0.15) is 5.56 Å². The molecule has 1 aromatic heterocycles. The molecule has 4 heteroatoms. The first-order chi connectivity index (χ1) is 7.25. The first-order valence-electron chi connectivity index (χ1n) is 4.63. The van der Waals surface area contributed by atoms with Crippen LogP contribution >= 0.6 is 12.2 Å². The van der Waals surface area contributed by atoms with Crippen LogP contribution < -0.4 is 5.32 Å². The number of hydrogen-bond donors (Lipinski definition) is 1. The highest BCUT2D eigenvalue weighted by Gasteiger charge is 1.99. The number of nitrogens with zero attached hydrogens (tertiary/aromatic N) is 2. The minimum Gasteiger partial charge on any atom is -0.331 e. The van der Waals surface area contributed by atoms with Crippen molar-refractivity contribution >= 4 is 23.0 Å². The molecule has 1 aromatic carbocycles. The lowest BCUT2D eigenvalue weighted by Gasteiger charge is -2.07. The summed E-state index contributed by atoms with van der Waals surface area (Å²) in [6.45, 7) is 2.05. The number of thiocarbonyl (C=S) groups is 1. The van der Waals surface area contributed by atoms with Gasteiger partial charge in [-0.25, -0.2) is 4.68 Å². The molecule has 0 saturated heterocycles. The third-order valence-electron chi connectivity index (χ3n) is 2.02. The van der Waals surface area contributed by atoms with E-state index in [2.05, 4.69) is 17.3 Å². The lowest BCUT2D eigenvalue weighted by Crippen LogP contribution is -2.19. The fourth-order valence-electron chi connectivity index (χ4n) is 1.21. The molecule has 0 amide bonds. The van der Waals surface area contributed by atoms with E-state index in [0.717, 1.165) is 5.69 Å². The highest BCUT2D eigenvalue weighted by Crippen LogP contribution is 2.08. The zero-order valence-corrected chi connectivity index (χ0v) is 9.16. The molecule has 0 aliphatic rings. The monoisotopic (exact) mass is 217 g/mol. The van der Waals surface area contributed by atoms with Gasteiger partial charge in [0.25, 0.3) is 0 Å². The third-order valence-corrected chi connectivity index (χ3v) is 2.30. The second-order valence-electron chi connectivity index (χ2n) is 3.25. The fourth-order valence-corrected chi connectivity index (χ4v) is 1.43. The average Bonchev–Trinajstić information content (AvgIpc) is 2.74. The summed E-state index contributed by atoms with van der Waals surface area (Å²) in [5.74, 6) is 0. The Labute approximate surface area is 93.7 Å². The van der Waals surface area contributed by atoms with Gasteiger partial charge in [-0.15, -0.1) is 0 Å². The maximum absolute atomic E-state index is 5.18. The van der Waals surface area contributed by atoms with E-state index in [1.807, 2.05) is 36.5 Å². The lowest BCUT2D eigenvalue weighted by molar-refractivity contribution is 0.947. The molecule has 76 valence electrons. The van der Waals surface area contributed by atoms with Crippen molar-refractivity contribution in [2.45, 2.75) is 6.92 Å². The Hall–Kier alpha value is -1.68. The minimum atomic E-state index is 0.573. The Kier molecular flexibility index (Phi) is 2.78. The molecule has 0 unspecified atom stereocenters. The molecule has 1 N–H and O–H groups in total. The Bertz CT molecular complexity index is 445. The van der Waals surface area contributed by atoms with Crippen molar-refractivity contribution in [2.75, 3.05) is 5.32 Å². The summed E-state index contributed by atoms with van der Waals surface area (Å²) < 4.78 is 1.62. The summed E-state index contributed by atoms with van der Waals surface area (Å²) in [4.78, 5) is 0. The van der Waals surface area contributed by atoms with Crippen molar-refractivity contribution in [1.29, 1.82) is 0 Å². The van der Waals surface area contributed by atoms with E-state index < -0.39 is 0 Å². The van der Waals surface area contributed by atoms with E-state index >= 15 is 0 Å². The zero-order valence-electron chi connectivity index (χ0n) is 8.34. The summed E-state index contributed by atoms with van der Waals surface area (Å²) in [6, 6.07) is 9.89. The van der Waals surface area contributed by atoms with Gasteiger partial charge in [-0.3, -0.25) is 0 Å². The summed E-state index contributed by atoms with van der Waals surface area (Å²) in [7, 11) is 0. The predicted molar refractivity (Wildman–Crippen MR) is 65.0 cm³/mol. The SMILES string of the molecule is Cc1ccc(NC(=S)n2cccn2)cc1. The summed E-state index contributed by atoms with van der Waals surface area (Å²) >= 11 is 5.18. The smallest absolute Gasteiger partial charge is 0.198 e. The van der Waals surface area contributed by atoms with Gasteiger partial charge < -0.3 is 5.32 Å². The van der Waals surface area contributed by atoms with Crippen molar-refractivity contribution in [2.24, 2.45) is 0 Å². The van der Waals surface area contributed by atoms with Crippen molar-refractivity contribution < 1.29 is 0 Å². The van der Waals surface area contributed by atoms with Gasteiger partial charge in [0.1, 0.15) is 0 Å². The van der Waals surface area contributed by atoms with E-state index in [9.17, 15) is 0 Å². The molecule has 2 rings (SSSR count). The molecular weight excluding hydrogens is 206 g/mol. The van der Waals surface area contributed by atoms with Crippen molar-refractivity contribution in [3.8, 4) is 0 Å². The zero-order chi connectivity index (χ0) is 10.7. The summed E-state index contributed by atoms with van der Waals surface area (Å²) in [5, 5.41) is 7.72. The number of benzene rings is 1. The van der Waals surface area contributed by atoms with E-state index in [-0.39, 0.29) is 0 Å². The first-order valence-corrected chi connectivity index (χ1v) is 5.04. The van der Waals surface area contributed by atoms with Gasteiger partial charge in [-0.1, -0.05) is 17.7 Å². The van der Waals surface area contributed by atoms with Crippen LogP contribution in [-0.2, 0) is 0 Å². The lowest BCUT2D eigenvalue weighted by atomic mass is 10.2. The molecule has 0 bridgehead atoms. The standard InChI is InChI=1S/C11H11N3S/c1-9-3-5-10(6-4-9)13-11(15)14-8-2-7-12-14/h2-8H,1H3,(H,13,15). The summed E-state index contributed by atoms with van der Waals surface area (Å²) in [5.41, 5.74) is 2.20. The van der Waals surface area contributed by atoms with Crippen molar-refractivity contribution in [3.63, 3.8) is 0 Å². The van der Waals surface area contributed by atoms with Crippen LogP contribution in [0.4, 0.5) is 5.69 Å². The molecule has 3 nitrogen and oxygen atoms in total. The average molecular weight is 217 g/mol. The molecule has 1 heterocycles. The highest BCUT2D eigenvalue weighted by atomic mass is 32.1. The number of nitrogens with one attached hydrogen (secondary N) is 1. The van der Waals surface area contributed by atoms with Crippen LogP contribution in [0.25, 0.3) is 0 Å². The van der Waals surface area contributed by atoms with Gasteiger partial charge >= 0.3 is 0 Å². The third kappa shape index (κ3) is 2.41. The van der Waals surface area contributed by atoms with Crippen LogP contribution in [0.2, 0.25) is 0 Å². The quantitative estimate of drug-likeness (QED) is 0.744. The van der Waals surface area contributed by atoms with Crippen LogP contribution in [0.3, 0.4) is 0 Å². The highest BCUT2D eigenvalue weighted by molar-refractivity contribution is 7.80. The van der Waals surface area contributed by atoms with Gasteiger partial charge in [0.15, 0.2) is 5.11 Å². The molecule has 0 atom stereocenters. The van der Waals surface area contributed by atoms with E-state index in [1.165, 1.54) is 5.56 Å². The van der Waals surface area contributed by atoms with Crippen LogP contribution in [0.5, 0.6) is 0 Å². The molecule has 0 radical (unpaired) electrons. The largest absolute Gasteiger partial charge is 0.331 e. The molecule has 2 aromatic rings. The van der Waals surface area contributed by atoms with Gasteiger partial charge in [0.2, 0.25) is 0 Å². The second-order valence-corrected chi connectivity index (χ2v) is 3.63. The molecule has 0 aliphatic carbocycles. The Morgan fingerprint density at radius 2 is 2.07 bits per heavy atom. The Morgan fingerprint density at radius 3 is 2.67 bits per heavy atom. The Morgan fingerprint density at radius 1 is 1.33 bits per heavy atom. The minimum absolute atomic E-state index is 0.573. The van der Waals surface area contributed by atoms with E-state index in [1.54, 1.807) is 10.9 Å². The van der Waals surface area contributed by atoms with Gasteiger partial charge in [0.05, 0.1) is 0 Å². The summed E-state index contributed by atoms with van der Waals surface area (Å²) in [6.07, 6.45) is 3.51. The van der Waals surface area contributed by atoms with Crippen LogP contribution in [0.15, 0.2) is 42.7 Å². The number of aromatic nitrogens is 2.